The first kappa shape index (κ1) is 29.6. The van der Waals surface area contributed by atoms with Crippen LogP contribution >= 0.6 is 0 Å². The zero-order chi connectivity index (χ0) is 27.4. The molecule has 200 valence electrons. The van der Waals surface area contributed by atoms with Crippen LogP contribution in [0.25, 0.3) is 0 Å². The molecule has 2 atom stereocenters. The number of fused-ring (bicyclic) bond motifs is 1. The molecule has 1 heterocycles. The number of aliphatic hydroxyl groups is 2. The zero-order valence-corrected chi connectivity index (χ0v) is 22.4. The molecule has 0 saturated carbocycles. The number of alkyl carbamates (subject to hydrolysis) is 1. The van der Waals surface area contributed by atoms with Gasteiger partial charge in [0.15, 0.2) is 0 Å². The van der Waals surface area contributed by atoms with Crippen LogP contribution in [0.3, 0.4) is 0 Å². The Bertz CT molecular complexity index is 1100. The van der Waals surface area contributed by atoms with Crippen LogP contribution in [0.4, 0.5) is 4.79 Å². The van der Waals surface area contributed by atoms with Gasteiger partial charge in [0.1, 0.15) is 22.9 Å². The van der Waals surface area contributed by atoms with E-state index in [1.165, 1.54) is 19.4 Å². The fraction of sp³-hybridized carbons (Fsp3) is 0.400. The number of Topliss-reactive ketones (excluding diaryl/α,β-unsaturated/α-hetero) is 1. The minimum absolute atomic E-state index is 0.0143. The standard InChI is InChI=1S/C30H39NO6/c1-6-7-8-11-21(3)24(32)16-14-20(2)13-15-23-18-27-28(29(23)34)25(33)19-26(37-27)22(4)12-9-10-17-31-30(35)36-5/h6-7,10-11,13,15,17-19,22,24,32-33H,8-9,12,14,16H2,1-5H3,(H,31,35)/b7-6+,17-10+,20-13+,21-11-,23-15+. The summed E-state index contributed by atoms with van der Waals surface area (Å²) in [4.78, 5) is 23.9. The van der Waals surface area contributed by atoms with Gasteiger partial charge in [0.25, 0.3) is 0 Å². The van der Waals surface area contributed by atoms with Crippen molar-refractivity contribution in [2.45, 2.75) is 65.9 Å². The van der Waals surface area contributed by atoms with Crippen LogP contribution in [-0.2, 0) is 14.3 Å². The smallest absolute Gasteiger partial charge is 0.410 e. The molecule has 0 aromatic heterocycles. The average molecular weight is 510 g/mol. The maximum atomic E-state index is 12.9. The Morgan fingerprint density at radius 2 is 1.97 bits per heavy atom. The quantitative estimate of drug-likeness (QED) is 0.208. The van der Waals surface area contributed by atoms with E-state index in [4.69, 9.17) is 4.74 Å². The molecule has 2 rings (SSSR count). The predicted molar refractivity (Wildman–Crippen MR) is 145 cm³/mol. The molecule has 0 radical (unpaired) electrons. The average Bonchev–Trinajstić information content (AvgIpc) is 3.20. The summed E-state index contributed by atoms with van der Waals surface area (Å²) in [5.74, 6) is 0.539. The van der Waals surface area contributed by atoms with E-state index in [9.17, 15) is 19.8 Å². The first-order valence-electron chi connectivity index (χ1n) is 12.6. The summed E-state index contributed by atoms with van der Waals surface area (Å²) >= 11 is 0. The van der Waals surface area contributed by atoms with Crippen LogP contribution in [0.5, 0.6) is 0 Å². The lowest BCUT2D eigenvalue weighted by Crippen LogP contribution is -2.16. The number of aliphatic hydroxyl groups excluding tert-OH is 2. The van der Waals surface area contributed by atoms with Gasteiger partial charge in [0.2, 0.25) is 5.78 Å². The van der Waals surface area contributed by atoms with Gasteiger partial charge < -0.3 is 19.7 Å². The minimum Gasteiger partial charge on any atom is -0.507 e. The number of nitrogens with one attached hydrogen (secondary N) is 1. The summed E-state index contributed by atoms with van der Waals surface area (Å²) in [6, 6.07) is 0. The number of hydrogen-bond acceptors (Lipinski definition) is 6. The molecule has 3 N–H and O–H groups in total. The van der Waals surface area contributed by atoms with Crippen LogP contribution in [0.15, 0.2) is 94.4 Å². The molecule has 37 heavy (non-hydrogen) atoms. The normalized spacial score (nSPS) is 19.2. The summed E-state index contributed by atoms with van der Waals surface area (Å²) in [6.07, 6.45) is 18.6. The molecular formula is C30H39NO6. The Balaban J connectivity index is 1.98. The third-order valence-electron chi connectivity index (χ3n) is 6.24. The SMILES string of the molecule is C/C=C/C/C=C(/C)C(O)CC/C(C)=C/C=C1\C=C2OC(C(C)CC/C=C/NC(=O)OC)=CC(O)=C2C1=O. The molecule has 2 unspecified atom stereocenters. The molecule has 2 aliphatic rings. The molecule has 0 aromatic rings. The molecule has 1 amide bonds. The number of rotatable bonds is 12. The maximum absolute atomic E-state index is 12.9. The Morgan fingerprint density at radius 1 is 1.22 bits per heavy atom. The van der Waals surface area contributed by atoms with Gasteiger partial charge in [0.05, 0.1) is 13.2 Å². The van der Waals surface area contributed by atoms with Gasteiger partial charge in [-0.3, -0.25) is 10.1 Å². The highest BCUT2D eigenvalue weighted by Gasteiger charge is 2.34. The number of ketones is 1. The molecule has 0 bridgehead atoms. The number of ether oxygens (including phenoxy) is 2. The Morgan fingerprint density at radius 3 is 2.68 bits per heavy atom. The maximum Gasteiger partial charge on any atom is 0.410 e. The van der Waals surface area contributed by atoms with Crippen molar-refractivity contribution in [3.05, 3.63) is 94.4 Å². The topological polar surface area (TPSA) is 105 Å². The number of allylic oxidation sites excluding steroid dienone is 12. The molecule has 0 saturated heterocycles. The van der Waals surface area contributed by atoms with Gasteiger partial charge >= 0.3 is 6.09 Å². The van der Waals surface area contributed by atoms with Crippen LogP contribution in [0.2, 0.25) is 0 Å². The molecule has 0 aromatic carbocycles. The highest BCUT2D eigenvalue weighted by Crippen LogP contribution is 2.37. The summed E-state index contributed by atoms with van der Waals surface area (Å²) in [5, 5.41) is 23.4. The van der Waals surface area contributed by atoms with Crippen LogP contribution in [0.1, 0.15) is 59.8 Å². The Kier molecular flexibility index (Phi) is 11.9. The van der Waals surface area contributed by atoms with Gasteiger partial charge in [-0.1, -0.05) is 49.0 Å². The number of hydrogen-bond donors (Lipinski definition) is 3. The fourth-order valence-corrected chi connectivity index (χ4v) is 3.78. The van der Waals surface area contributed by atoms with Crippen molar-refractivity contribution in [2.75, 3.05) is 7.11 Å². The lowest BCUT2D eigenvalue weighted by atomic mass is 9.99. The molecule has 0 spiro atoms. The van der Waals surface area contributed by atoms with E-state index in [2.05, 4.69) is 10.1 Å². The summed E-state index contributed by atoms with van der Waals surface area (Å²) in [6.45, 7) is 7.84. The lowest BCUT2D eigenvalue weighted by molar-refractivity contribution is -0.111. The molecule has 0 fully saturated rings. The predicted octanol–water partition coefficient (Wildman–Crippen LogP) is 6.39. The number of amides is 1. The van der Waals surface area contributed by atoms with Gasteiger partial charge in [-0.05, 0) is 64.5 Å². The molecule has 7 heteroatoms. The van der Waals surface area contributed by atoms with Crippen molar-refractivity contribution < 1.29 is 29.3 Å². The van der Waals surface area contributed by atoms with E-state index < -0.39 is 12.2 Å². The van der Waals surface area contributed by atoms with E-state index in [1.807, 2.05) is 58.1 Å². The molecule has 7 nitrogen and oxygen atoms in total. The number of carbonyl (C=O) groups is 2. The van der Waals surface area contributed by atoms with Crippen molar-refractivity contribution in [3.8, 4) is 0 Å². The van der Waals surface area contributed by atoms with Gasteiger partial charge in [-0.2, -0.15) is 0 Å². The van der Waals surface area contributed by atoms with Crippen molar-refractivity contribution in [1.82, 2.24) is 5.32 Å². The monoisotopic (exact) mass is 509 g/mol. The summed E-state index contributed by atoms with van der Waals surface area (Å²) < 4.78 is 10.5. The van der Waals surface area contributed by atoms with Crippen molar-refractivity contribution in [3.63, 3.8) is 0 Å². The first-order chi connectivity index (χ1) is 17.7. The van der Waals surface area contributed by atoms with Crippen LogP contribution < -0.4 is 5.32 Å². The van der Waals surface area contributed by atoms with E-state index in [-0.39, 0.29) is 23.0 Å². The number of carbonyl (C=O) groups excluding carboxylic acids is 2. The van der Waals surface area contributed by atoms with Gasteiger partial charge in [-0.15, -0.1) is 0 Å². The van der Waals surface area contributed by atoms with Gasteiger partial charge in [0, 0.05) is 23.8 Å². The van der Waals surface area contributed by atoms with Crippen LogP contribution in [0, 0.1) is 5.92 Å². The second kappa shape index (κ2) is 14.9. The highest BCUT2D eigenvalue weighted by molar-refractivity contribution is 6.17. The van der Waals surface area contributed by atoms with Gasteiger partial charge in [-0.25, -0.2) is 4.79 Å². The Hall–Kier alpha value is -3.58. The van der Waals surface area contributed by atoms with Crippen molar-refractivity contribution in [2.24, 2.45) is 5.92 Å². The summed E-state index contributed by atoms with van der Waals surface area (Å²) in [5.41, 5.74) is 2.61. The van der Waals surface area contributed by atoms with E-state index in [0.29, 0.717) is 36.4 Å². The largest absolute Gasteiger partial charge is 0.507 e. The highest BCUT2D eigenvalue weighted by atomic mass is 16.5. The van der Waals surface area contributed by atoms with Crippen LogP contribution in [-0.4, -0.2) is 35.3 Å². The molecule has 1 aliphatic heterocycles. The van der Waals surface area contributed by atoms with E-state index in [0.717, 1.165) is 24.0 Å². The third kappa shape index (κ3) is 9.10. The van der Waals surface area contributed by atoms with Crippen molar-refractivity contribution in [1.29, 1.82) is 0 Å². The fourth-order valence-electron chi connectivity index (χ4n) is 3.78. The Labute approximate surface area is 219 Å². The first-order valence-corrected chi connectivity index (χ1v) is 12.6. The summed E-state index contributed by atoms with van der Waals surface area (Å²) in [7, 11) is 1.30. The zero-order valence-electron chi connectivity index (χ0n) is 22.4. The lowest BCUT2D eigenvalue weighted by Gasteiger charge is -2.21. The number of methoxy groups -OCH3 is 1. The van der Waals surface area contributed by atoms with Crippen molar-refractivity contribution >= 4 is 11.9 Å². The van der Waals surface area contributed by atoms with E-state index >= 15 is 0 Å². The van der Waals surface area contributed by atoms with E-state index in [1.54, 1.807) is 12.2 Å². The second-order valence-corrected chi connectivity index (χ2v) is 9.21. The molecular weight excluding hydrogens is 470 g/mol. The second-order valence-electron chi connectivity index (χ2n) is 9.21. The third-order valence-corrected chi connectivity index (χ3v) is 6.24. The minimum atomic E-state index is -0.530. The molecule has 1 aliphatic carbocycles.